The summed E-state index contributed by atoms with van der Waals surface area (Å²) in [6, 6.07) is 0. The largest absolute Gasteiger partial charge is 0.436 e. The Balaban J connectivity index is 1.97. The zero-order chi connectivity index (χ0) is 15.8. The standard InChI is InChI=1S/C15H24N2O4/c1-6-20-11-7-15(19,14(11,4)5)8-16-13(18)12-9(2)17-10(3)21-12/h11,19H,6-8H2,1-5H3,(H,16,18)/t11-,15-/m0/s1. The van der Waals surface area contributed by atoms with E-state index >= 15 is 0 Å². The zero-order valence-electron chi connectivity index (χ0n) is 13.3. The topological polar surface area (TPSA) is 84.6 Å². The van der Waals surface area contributed by atoms with Gasteiger partial charge < -0.3 is 19.6 Å². The summed E-state index contributed by atoms with van der Waals surface area (Å²) in [7, 11) is 0. The number of carbonyl (C=O) groups is 1. The number of aliphatic hydroxyl groups is 1. The number of oxazole rings is 1. The maximum Gasteiger partial charge on any atom is 0.289 e. The van der Waals surface area contributed by atoms with Crippen LogP contribution in [0, 0.1) is 19.3 Å². The summed E-state index contributed by atoms with van der Waals surface area (Å²) in [5.74, 6) is 0.309. The average molecular weight is 296 g/mol. The third kappa shape index (κ3) is 2.70. The van der Waals surface area contributed by atoms with Crippen LogP contribution >= 0.6 is 0 Å². The van der Waals surface area contributed by atoms with Gasteiger partial charge >= 0.3 is 0 Å². The van der Waals surface area contributed by atoms with Gasteiger partial charge in [-0.15, -0.1) is 0 Å². The van der Waals surface area contributed by atoms with Gasteiger partial charge in [0.15, 0.2) is 5.89 Å². The Labute approximate surface area is 124 Å². The van der Waals surface area contributed by atoms with Gasteiger partial charge in [-0.25, -0.2) is 4.98 Å². The number of hydrogen-bond donors (Lipinski definition) is 2. The summed E-state index contributed by atoms with van der Waals surface area (Å²) in [5, 5.41) is 13.4. The lowest BCUT2D eigenvalue weighted by molar-refractivity contribution is -0.237. The number of nitrogens with one attached hydrogen (secondary N) is 1. The minimum Gasteiger partial charge on any atom is -0.436 e. The van der Waals surface area contributed by atoms with Gasteiger partial charge in [0.05, 0.1) is 17.4 Å². The fourth-order valence-electron chi connectivity index (χ4n) is 2.81. The smallest absolute Gasteiger partial charge is 0.289 e. The molecule has 118 valence electrons. The van der Waals surface area contributed by atoms with Gasteiger partial charge in [-0.3, -0.25) is 4.79 Å². The lowest BCUT2D eigenvalue weighted by Crippen LogP contribution is -2.68. The number of hydrogen-bond acceptors (Lipinski definition) is 5. The number of amides is 1. The van der Waals surface area contributed by atoms with E-state index in [1.807, 2.05) is 20.8 Å². The van der Waals surface area contributed by atoms with Crippen LogP contribution in [-0.4, -0.2) is 40.9 Å². The van der Waals surface area contributed by atoms with E-state index in [1.54, 1.807) is 13.8 Å². The number of carbonyl (C=O) groups excluding carboxylic acids is 1. The molecule has 0 saturated heterocycles. The summed E-state index contributed by atoms with van der Waals surface area (Å²) >= 11 is 0. The van der Waals surface area contributed by atoms with E-state index in [4.69, 9.17) is 9.15 Å². The van der Waals surface area contributed by atoms with Crippen molar-refractivity contribution in [2.75, 3.05) is 13.2 Å². The maximum atomic E-state index is 12.1. The molecule has 6 nitrogen and oxygen atoms in total. The van der Waals surface area contributed by atoms with Crippen molar-refractivity contribution in [1.29, 1.82) is 0 Å². The molecule has 2 N–H and O–H groups in total. The van der Waals surface area contributed by atoms with Crippen LogP contribution in [-0.2, 0) is 4.74 Å². The number of ether oxygens (including phenoxy) is 1. The van der Waals surface area contributed by atoms with Crippen LogP contribution in [0.2, 0.25) is 0 Å². The third-order valence-electron chi connectivity index (χ3n) is 4.55. The molecular formula is C15H24N2O4. The van der Waals surface area contributed by atoms with Crippen LogP contribution in [0.25, 0.3) is 0 Å². The molecule has 0 spiro atoms. The minimum absolute atomic E-state index is 0.0127. The van der Waals surface area contributed by atoms with Gasteiger partial charge in [-0.1, -0.05) is 13.8 Å². The van der Waals surface area contributed by atoms with E-state index in [-0.39, 0.29) is 24.3 Å². The molecule has 0 aromatic carbocycles. The number of aromatic nitrogens is 1. The molecule has 0 unspecified atom stereocenters. The highest BCUT2D eigenvalue weighted by Crippen LogP contribution is 2.50. The lowest BCUT2D eigenvalue weighted by atomic mass is 9.56. The van der Waals surface area contributed by atoms with Gasteiger partial charge in [0.25, 0.3) is 5.91 Å². The highest BCUT2D eigenvalue weighted by Gasteiger charge is 2.60. The molecule has 0 radical (unpaired) electrons. The fraction of sp³-hybridized carbons (Fsp3) is 0.733. The van der Waals surface area contributed by atoms with Crippen LogP contribution in [0.1, 0.15) is 49.3 Å². The average Bonchev–Trinajstić information content (AvgIpc) is 2.75. The predicted octanol–water partition coefficient (Wildman–Crippen LogP) is 1.59. The van der Waals surface area contributed by atoms with Gasteiger partial charge in [0.1, 0.15) is 0 Å². The second-order valence-corrected chi connectivity index (χ2v) is 6.23. The molecule has 1 heterocycles. The SMILES string of the molecule is CCO[C@H]1C[C@](O)(CNC(=O)c2oc(C)nc2C)C1(C)C. The van der Waals surface area contributed by atoms with Crippen molar-refractivity contribution in [3.8, 4) is 0 Å². The first kappa shape index (κ1) is 16.0. The normalized spacial score (nSPS) is 27.2. The molecule has 0 bridgehead atoms. The Kier molecular flexibility index (Phi) is 4.13. The molecule has 1 aromatic rings. The van der Waals surface area contributed by atoms with E-state index in [1.165, 1.54) is 0 Å². The maximum absolute atomic E-state index is 12.1. The van der Waals surface area contributed by atoms with Crippen LogP contribution in [0.5, 0.6) is 0 Å². The van der Waals surface area contributed by atoms with Crippen molar-refractivity contribution in [2.45, 2.75) is 52.7 Å². The molecule has 1 saturated carbocycles. The number of nitrogens with zero attached hydrogens (tertiary/aromatic N) is 1. The Morgan fingerprint density at radius 1 is 1.52 bits per heavy atom. The Morgan fingerprint density at radius 2 is 2.19 bits per heavy atom. The Morgan fingerprint density at radius 3 is 2.67 bits per heavy atom. The predicted molar refractivity (Wildman–Crippen MR) is 77.1 cm³/mol. The van der Waals surface area contributed by atoms with Gasteiger partial charge in [-0.05, 0) is 13.8 Å². The van der Waals surface area contributed by atoms with Crippen molar-refractivity contribution in [1.82, 2.24) is 10.3 Å². The Bertz CT molecular complexity index is 538. The first-order valence-electron chi connectivity index (χ1n) is 7.27. The molecule has 1 amide bonds. The molecule has 1 aliphatic carbocycles. The van der Waals surface area contributed by atoms with E-state index in [2.05, 4.69) is 10.3 Å². The second-order valence-electron chi connectivity index (χ2n) is 6.23. The molecular weight excluding hydrogens is 272 g/mol. The molecule has 6 heteroatoms. The van der Waals surface area contributed by atoms with E-state index < -0.39 is 11.0 Å². The summed E-state index contributed by atoms with van der Waals surface area (Å²) in [6.07, 6.45) is 0.529. The van der Waals surface area contributed by atoms with Crippen LogP contribution in [0.3, 0.4) is 0 Å². The quantitative estimate of drug-likeness (QED) is 0.862. The van der Waals surface area contributed by atoms with Gasteiger partial charge in [0.2, 0.25) is 5.76 Å². The van der Waals surface area contributed by atoms with E-state index in [0.29, 0.717) is 24.6 Å². The van der Waals surface area contributed by atoms with Gasteiger partial charge in [-0.2, -0.15) is 0 Å². The summed E-state index contributed by atoms with van der Waals surface area (Å²) < 4.78 is 10.9. The number of aryl methyl sites for hydroxylation is 2. The van der Waals surface area contributed by atoms with Crippen LogP contribution in [0.15, 0.2) is 4.42 Å². The van der Waals surface area contributed by atoms with Crippen molar-refractivity contribution in [2.24, 2.45) is 5.41 Å². The summed E-state index contributed by atoms with van der Waals surface area (Å²) in [5.41, 5.74) is -0.814. The summed E-state index contributed by atoms with van der Waals surface area (Å²) in [6.45, 7) is 10.0. The zero-order valence-corrected chi connectivity index (χ0v) is 13.3. The van der Waals surface area contributed by atoms with Crippen molar-refractivity contribution < 1.29 is 19.1 Å². The molecule has 0 aliphatic heterocycles. The van der Waals surface area contributed by atoms with Crippen LogP contribution < -0.4 is 5.32 Å². The Hall–Kier alpha value is -1.40. The third-order valence-corrected chi connectivity index (χ3v) is 4.55. The molecule has 1 aromatic heterocycles. The van der Waals surface area contributed by atoms with Crippen molar-refractivity contribution in [3.63, 3.8) is 0 Å². The second kappa shape index (κ2) is 5.42. The van der Waals surface area contributed by atoms with Crippen molar-refractivity contribution >= 4 is 5.91 Å². The molecule has 21 heavy (non-hydrogen) atoms. The van der Waals surface area contributed by atoms with E-state index in [0.717, 1.165) is 0 Å². The summed E-state index contributed by atoms with van der Waals surface area (Å²) in [4.78, 5) is 16.2. The van der Waals surface area contributed by atoms with E-state index in [9.17, 15) is 9.90 Å². The highest BCUT2D eigenvalue weighted by atomic mass is 16.5. The van der Waals surface area contributed by atoms with Gasteiger partial charge in [0, 0.05) is 31.9 Å². The highest BCUT2D eigenvalue weighted by molar-refractivity contribution is 5.92. The first-order chi connectivity index (χ1) is 9.71. The minimum atomic E-state index is -0.967. The molecule has 1 aliphatic rings. The number of rotatable bonds is 5. The fourth-order valence-corrected chi connectivity index (χ4v) is 2.81. The lowest BCUT2D eigenvalue weighted by Gasteiger charge is -2.57. The first-order valence-corrected chi connectivity index (χ1v) is 7.27. The molecule has 2 atom stereocenters. The van der Waals surface area contributed by atoms with Crippen molar-refractivity contribution in [3.05, 3.63) is 17.3 Å². The monoisotopic (exact) mass is 296 g/mol. The molecule has 2 rings (SSSR count). The van der Waals surface area contributed by atoms with Crippen LogP contribution in [0.4, 0.5) is 0 Å². The molecule has 1 fully saturated rings.